The molecule has 0 heterocycles. The van der Waals surface area contributed by atoms with Gasteiger partial charge in [-0.1, -0.05) is 70.4 Å². The minimum Gasteiger partial charge on any atom is -0.390 e. The van der Waals surface area contributed by atoms with Gasteiger partial charge in [-0.25, -0.2) is 12.8 Å². The maximum atomic E-state index is 13.6. The van der Waals surface area contributed by atoms with Crippen molar-refractivity contribution in [1.29, 1.82) is 0 Å². The van der Waals surface area contributed by atoms with Crippen molar-refractivity contribution in [2.75, 3.05) is 13.1 Å². The molecule has 0 radical (unpaired) electrons. The summed E-state index contributed by atoms with van der Waals surface area (Å²) >= 11 is 0. The van der Waals surface area contributed by atoms with Crippen molar-refractivity contribution in [1.82, 2.24) is 9.62 Å². The van der Waals surface area contributed by atoms with Crippen molar-refractivity contribution in [3.8, 4) is 0 Å². The maximum Gasteiger partial charge on any atom is 0.243 e. The van der Waals surface area contributed by atoms with Crippen LogP contribution < -0.4 is 5.32 Å². The van der Waals surface area contributed by atoms with Crippen LogP contribution in [0.1, 0.15) is 64.9 Å². The van der Waals surface area contributed by atoms with E-state index in [0.717, 1.165) is 56.2 Å². The van der Waals surface area contributed by atoms with E-state index in [1.165, 1.54) is 16.4 Å². The molecule has 204 valence electrons. The lowest BCUT2D eigenvalue weighted by Crippen LogP contribution is -2.54. The zero-order valence-electron chi connectivity index (χ0n) is 22.2. The summed E-state index contributed by atoms with van der Waals surface area (Å²) in [5, 5.41) is 14.6. The highest BCUT2D eigenvalue weighted by Crippen LogP contribution is 2.39. The van der Waals surface area contributed by atoms with Crippen molar-refractivity contribution in [3.63, 3.8) is 0 Å². The second-order valence-electron chi connectivity index (χ2n) is 10.7. The molecule has 2 aromatic rings. The minimum absolute atomic E-state index is 0.00446. The van der Waals surface area contributed by atoms with Crippen LogP contribution in [0, 0.1) is 17.2 Å². The Kier molecular flexibility index (Phi) is 10.3. The standard InChI is InChI=1S/C29H41FN2O4S/c1-4-29(17-9-6-10-18-29)28(34)31-26(19-23-11-7-5-8-12-23)27(33)21-32(20-22(2)3)37(35,36)25-15-13-24(30)14-16-25/h5,7-8,11-16,22,26-27,33H,4,6,9-10,17-21H2,1-3H3,(H,31,34)/t26-,27+/m0/s1. The van der Waals surface area contributed by atoms with Gasteiger partial charge in [0.15, 0.2) is 0 Å². The van der Waals surface area contributed by atoms with E-state index in [0.29, 0.717) is 6.42 Å². The molecule has 8 heteroatoms. The quantitative estimate of drug-likeness (QED) is 0.406. The molecule has 1 fully saturated rings. The average Bonchev–Trinajstić information content (AvgIpc) is 2.88. The lowest BCUT2D eigenvalue weighted by molar-refractivity contribution is -0.135. The van der Waals surface area contributed by atoms with E-state index in [4.69, 9.17) is 0 Å². The second kappa shape index (κ2) is 13.0. The number of sulfonamides is 1. The van der Waals surface area contributed by atoms with Crippen LogP contribution in [0.25, 0.3) is 0 Å². The van der Waals surface area contributed by atoms with Crippen molar-refractivity contribution in [2.24, 2.45) is 11.3 Å². The van der Waals surface area contributed by atoms with E-state index in [-0.39, 0.29) is 29.8 Å². The normalized spacial score (nSPS) is 17.5. The minimum atomic E-state index is -3.99. The molecule has 0 bridgehead atoms. The van der Waals surface area contributed by atoms with Crippen molar-refractivity contribution in [2.45, 2.75) is 82.8 Å². The van der Waals surface area contributed by atoms with Gasteiger partial charge in [-0.05, 0) is 61.4 Å². The average molecular weight is 533 g/mol. The summed E-state index contributed by atoms with van der Waals surface area (Å²) in [4.78, 5) is 13.6. The lowest BCUT2D eigenvalue weighted by atomic mass is 9.71. The molecule has 1 aliphatic rings. The van der Waals surface area contributed by atoms with E-state index in [9.17, 15) is 22.7 Å². The third-order valence-electron chi connectivity index (χ3n) is 7.46. The van der Waals surface area contributed by atoms with Crippen LogP contribution in [-0.2, 0) is 21.2 Å². The number of benzene rings is 2. The molecule has 0 aromatic heterocycles. The summed E-state index contributed by atoms with van der Waals surface area (Å²) in [6, 6.07) is 13.6. The number of carbonyl (C=O) groups is 1. The predicted molar refractivity (Wildman–Crippen MR) is 144 cm³/mol. The van der Waals surface area contributed by atoms with Crippen LogP contribution in [0.15, 0.2) is 59.5 Å². The van der Waals surface area contributed by atoms with Gasteiger partial charge in [-0.2, -0.15) is 4.31 Å². The predicted octanol–water partition coefficient (Wildman–Crippen LogP) is 4.92. The largest absolute Gasteiger partial charge is 0.390 e. The van der Waals surface area contributed by atoms with E-state index < -0.39 is 33.4 Å². The van der Waals surface area contributed by atoms with Gasteiger partial charge in [0, 0.05) is 18.5 Å². The number of carbonyl (C=O) groups excluding carboxylic acids is 1. The Labute approximate surface area is 221 Å². The van der Waals surface area contributed by atoms with Crippen LogP contribution in [-0.4, -0.2) is 49.0 Å². The molecule has 0 aliphatic heterocycles. The first-order chi connectivity index (χ1) is 17.6. The third-order valence-corrected chi connectivity index (χ3v) is 9.31. The number of halogens is 1. The Morgan fingerprint density at radius 1 is 1.03 bits per heavy atom. The molecule has 1 saturated carbocycles. The first-order valence-corrected chi connectivity index (χ1v) is 14.8. The number of rotatable bonds is 12. The van der Waals surface area contributed by atoms with Crippen LogP contribution in [0.2, 0.25) is 0 Å². The highest BCUT2D eigenvalue weighted by Gasteiger charge is 2.40. The van der Waals surface area contributed by atoms with Crippen LogP contribution >= 0.6 is 0 Å². The van der Waals surface area contributed by atoms with Crippen molar-refractivity contribution < 1.29 is 22.7 Å². The molecule has 2 atom stereocenters. The van der Waals surface area contributed by atoms with Crippen molar-refractivity contribution in [3.05, 3.63) is 66.0 Å². The Morgan fingerprint density at radius 3 is 2.22 bits per heavy atom. The lowest BCUT2D eigenvalue weighted by Gasteiger charge is -2.38. The van der Waals surface area contributed by atoms with Crippen LogP contribution in [0.3, 0.4) is 0 Å². The number of aliphatic hydroxyl groups is 1. The summed E-state index contributed by atoms with van der Waals surface area (Å²) in [6.45, 7) is 5.83. The smallest absolute Gasteiger partial charge is 0.243 e. The molecule has 0 saturated heterocycles. The molecule has 0 spiro atoms. The summed E-state index contributed by atoms with van der Waals surface area (Å²) in [7, 11) is -3.99. The van der Waals surface area contributed by atoms with Gasteiger partial charge in [-0.3, -0.25) is 4.79 Å². The second-order valence-corrected chi connectivity index (χ2v) is 12.6. The van der Waals surface area contributed by atoms with Gasteiger partial charge in [0.2, 0.25) is 15.9 Å². The maximum absolute atomic E-state index is 13.6. The molecule has 2 aromatic carbocycles. The number of aliphatic hydroxyl groups excluding tert-OH is 1. The fourth-order valence-corrected chi connectivity index (χ4v) is 6.83. The number of hydrogen-bond donors (Lipinski definition) is 2. The SMILES string of the molecule is CCC1(C(=O)N[C@@H](Cc2ccccc2)[C@H](O)CN(CC(C)C)S(=O)(=O)c2ccc(F)cc2)CCCCC1. The molecule has 3 rings (SSSR count). The van der Waals surface area contributed by atoms with E-state index in [1.807, 2.05) is 51.1 Å². The summed E-state index contributed by atoms with van der Waals surface area (Å²) < 4.78 is 41.6. The van der Waals surface area contributed by atoms with Gasteiger partial charge in [0.05, 0.1) is 17.0 Å². The first-order valence-electron chi connectivity index (χ1n) is 13.4. The Balaban J connectivity index is 1.87. The fraction of sp³-hybridized carbons (Fsp3) is 0.552. The highest BCUT2D eigenvalue weighted by molar-refractivity contribution is 7.89. The molecule has 0 unspecified atom stereocenters. The zero-order chi connectivity index (χ0) is 27.1. The number of hydrogen-bond acceptors (Lipinski definition) is 4. The summed E-state index contributed by atoms with van der Waals surface area (Å²) in [5.74, 6) is -0.589. The molecule has 37 heavy (non-hydrogen) atoms. The Morgan fingerprint density at radius 2 is 1.65 bits per heavy atom. The van der Waals surface area contributed by atoms with E-state index in [1.54, 1.807) is 0 Å². The van der Waals surface area contributed by atoms with E-state index >= 15 is 0 Å². The molecule has 6 nitrogen and oxygen atoms in total. The number of amides is 1. The van der Waals surface area contributed by atoms with Gasteiger partial charge >= 0.3 is 0 Å². The molecule has 2 N–H and O–H groups in total. The number of nitrogens with zero attached hydrogens (tertiary/aromatic N) is 1. The van der Waals surface area contributed by atoms with Crippen molar-refractivity contribution >= 4 is 15.9 Å². The van der Waals surface area contributed by atoms with Gasteiger partial charge in [0.1, 0.15) is 5.82 Å². The molecular weight excluding hydrogens is 491 g/mol. The van der Waals surface area contributed by atoms with Crippen LogP contribution in [0.4, 0.5) is 4.39 Å². The summed E-state index contributed by atoms with van der Waals surface area (Å²) in [6.07, 6.45) is 4.73. The Hall–Kier alpha value is -2.29. The molecular formula is C29H41FN2O4S. The van der Waals surface area contributed by atoms with Gasteiger partial charge < -0.3 is 10.4 Å². The highest BCUT2D eigenvalue weighted by atomic mass is 32.2. The molecule has 1 aliphatic carbocycles. The Bertz CT molecular complexity index is 1100. The summed E-state index contributed by atoms with van der Waals surface area (Å²) in [5.41, 5.74) is 0.489. The number of nitrogens with one attached hydrogen (secondary N) is 1. The monoisotopic (exact) mass is 532 g/mol. The first kappa shape index (κ1) is 29.3. The third kappa shape index (κ3) is 7.62. The van der Waals surface area contributed by atoms with Gasteiger partial charge in [0.25, 0.3) is 0 Å². The zero-order valence-corrected chi connectivity index (χ0v) is 23.0. The van der Waals surface area contributed by atoms with E-state index in [2.05, 4.69) is 5.32 Å². The van der Waals surface area contributed by atoms with Crippen LogP contribution in [0.5, 0.6) is 0 Å². The fourth-order valence-electron chi connectivity index (χ4n) is 5.21. The molecule has 1 amide bonds. The topological polar surface area (TPSA) is 86.7 Å². The van der Waals surface area contributed by atoms with Gasteiger partial charge in [-0.15, -0.1) is 0 Å².